The summed E-state index contributed by atoms with van der Waals surface area (Å²) in [4.78, 5) is 23.8. The third kappa shape index (κ3) is 3.16. The molecule has 0 radical (unpaired) electrons. The molecule has 2 aromatic carbocycles. The molecule has 0 amide bonds. The maximum absolute atomic E-state index is 12.4. The first kappa shape index (κ1) is 16.6. The van der Waals surface area contributed by atoms with E-state index >= 15 is 0 Å². The van der Waals surface area contributed by atoms with Gasteiger partial charge in [-0.3, -0.25) is 9.59 Å². The number of allylic oxidation sites excluding steroid dienone is 1. The maximum atomic E-state index is 12.4. The van der Waals surface area contributed by atoms with Crippen molar-refractivity contribution in [2.24, 2.45) is 0 Å². The summed E-state index contributed by atoms with van der Waals surface area (Å²) in [5.41, 5.74) is 0.898. The van der Waals surface area contributed by atoms with Crippen molar-refractivity contribution < 1.29 is 19.1 Å². The molecule has 24 heavy (non-hydrogen) atoms. The van der Waals surface area contributed by atoms with Crippen LogP contribution in [0.5, 0.6) is 11.5 Å². The van der Waals surface area contributed by atoms with Gasteiger partial charge in [0.2, 0.25) is 5.78 Å². The Hall–Kier alpha value is -2.30. The molecule has 0 fully saturated rings. The van der Waals surface area contributed by atoms with Gasteiger partial charge in [-0.15, -0.1) is 0 Å². The van der Waals surface area contributed by atoms with Crippen molar-refractivity contribution in [1.82, 2.24) is 0 Å². The average Bonchev–Trinajstić information content (AvgIpc) is 2.86. The van der Waals surface area contributed by atoms with Gasteiger partial charge in [0.05, 0.1) is 5.56 Å². The van der Waals surface area contributed by atoms with Gasteiger partial charge in [-0.1, -0.05) is 36.2 Å². The van der Waals surface area contributed by atoms with Crippen LogP contribution in [0, 0.1) is 0 Å². The molecule has 0 aromatic heterocycles. The summed E-state index contributed by atoms with van der Waals surface area (Å²) < 4.78 is 10.7. The molecule has 0 bridgehead atoms. The zero-order valence-electron chi connectivity index (χ0n) is 12.6. The highest BCUT2D eigenvalue weighted by molar-refractivity contribution is 6.37. The van der Waals surface area contributed by atoms with E-state index in [2.05, 4.69) is 0 Å². The Bertz CT molecular complexity index is 851. The quantitative estimate of drug-likeness (QED) is 0.441. The van der Waals surface area contributed by atoms with E-state index in [1.54, 1.807) is 37.3 Å². The Labute approximate surface area is 148 Å². The summed E-state index contributed by atoms with van der Waals surface area (Å²) in [5, 5.41) is 0.833. The number of Topliss-reactive ketones (excluding diaryl/α,β-unsaturated/α-hetero) is 1. The SMILES string of the molecule is CCC(=O)Oc1ccc2c(c1)O/C(=C\c1c(Cl)cccc1Cl)C2=O. The minimum atomic E-state index is -0.363. The summed E-state index contributed by atoms with van der Waals surface area (Å²) in [6.07, 6.45) is 1.76. The highest BCUT2D eigenvalue weighted by atomic mass is 35.5. The number of carbonyl (C=O) groups excluding carboxylic acids is 2. The van der Waals surface area contributed by atoms with Crippen molar-refractivity contribution in [3.8, 4) is 11.5 Å². The average molecular weight is 363 g/mol. The van der Waals surface area contributed by atoms with Gasteiger partial charge < -0.3 is 9.47 Å². The van der Waals surface area contributed by atoms with Gasteiger partial charge in [0.1, 0.15) is 11.5 Å². The number of hydrogen-bond donors (Lipinski definition) is 0. The van der Waals surface area contributed by atoms with Crippen LogP contribution in [-0.4, -0.2) is 11.8 Å². The first-order valence-electron chi connectivity index (χ1n) is 7.22. The predicted molar refractivity (Wildman–Crippen MR) is 91.8 cm³/mol. The molecule has 0 unspecified atom stereocenters. The van der Waals surface area contributed by atoms with Gasteiger partial charge in [-0.05, 0) is 30.3 Å². The van der Waals surface area contributed by atoms with Crippen LogP contribution in [0.4, 0.5) is 0 Å². The molecule has 4 nitrogen and oxygen atoms in total. The summed E-state index contributed by atoms with van der Waals surface area (Å²) in [6.45, 7) is 1.70. The van der Waals surface area contributed by atoms with Gasteiger partial charge in [-0.25, -0.2) is 0 Å². The molecule has 0 saturated carbocycles. The zero-order chi connectivity index (χ0) is 17.3. The molecule has 0 aliphatic carbocycles. The molecule has 1 aliphatic heterocycles. The van der Waals surface area contributed by atoms with E-state index in [1.807, 2.05) is 0 Å². The van der Waals surface area contributed by atoms with Gasteiger partial charge in [0, 0.05) is 28.1 Å². The first-order chi connectivity index (χ1) is 11.5. The summed E-state index contributed by atoms with van der Waals surface area (Å²) in [6, 6.07) is 9.69. The lowest BCUT2D eigenvalue weighted by Gasteiger charge is -2.04. The second kappa shape index (κ2) is 6.67. The summed E-state index contributed by atoms with van der Waals surface area (Å²) in [7, 11) is 0. The molecular formula is C18H12Cl2O4. The maximum Gasteiger partial charge on any atom is 0.310 e. The normalized spacial score (nSPS) is 14.5. The van der Waals surface area contributed by atoms with E-state index in [1.165, 1.54) is 12.1 Å². The lowest BCUT2D eigenvalue weighted by Crippen LogP contribution is -2.05. The molecule has 0 saturated heterocycles. The van der Waals surface area contributed by atoms with E-state index in [9.17, 15) is 9.59 Å². The molecular weight excluding hydrogens is 351 g/mol. The van der Waals surface area contributed by atoms with E-state index < -0.39 is 0 Å². The fourth-order valence-electron chi connectivity index (χ4n) is 2.21. The molecule has 122 valence electrons. The van der Waals surface area contributed by atoms with Crippen LogP contribution >= 0.6 is 23.2 Å². The standard InChI is InChI=1S/C18H12Cl2O4/c1-2-17(21)23-10-6-7-11-15(8-10)24-16(18(11)22)9-12-13(19)4-3-5-14(12)20/h3-9H,2H2,1H3/b16-9-. The second-order valence-electron chi connectivity index (χ2n) is 5.06. The van der Waals surface area contributed by atoms with Crippen molar-refractivity contribution in [2.45, 2.75) is 13.3 Å². The molecule has 1 aliphatic rings. The van der Waals surface area contributed by atoms with Crippen molar-refractivity contribution in [3.05, 3.63) is 63.3 Å². The zero-order valence-corrected chi connectivity index (χ0v) is 14.1. The number of ketones is 1. The fourth-order valence-corrected chi connectivity index (χ4v) is 2.72. The van der Waals surface area contributed by atoms with Gasteiger partial charge >= 0.3 is 5.97 Å². The molecule has 0 N–H and O–H groups in total. The Kier molecular flexibility index (Phi) is 4.60. The minimum Gasteiger partial charge on any atom is -0.452 e. The highest BCUT2D eigenvalue weighted by Gasteiger charge is 2.28. The van der Waals surface area contributed by atoms with Crippen molar-refractivity contribution in [1.29, 1.82) is 0 Å². The lowest BCUT2D eigenvalue weighted by atomic mass is 10.1. The van der Waals surface area contributed by atoms with Gasteiger partial charge in [0.25, 0.3) is 0 Å². The first-order valence-corrected chi connectivity index (χ1v) is 7.98. The minimum absolute atomic E-state index is 0.110. The molecule has 3 rings (SSSR count). The number of carbonyl (C=O) groups is 2. The molecule has 0 atom stereocenters. The Morgan fingerprint density at radius 2 is 1.92 bits per heavy atom. The number of fused-ring (bicyclic) bond motifs is 1. The molecule has 2 aromatic rings. The van der Waals surface area contributed by atoms with Crippen LogP contribution in [0.15, 0.2) is 42.2 Å². The monoisotopic (exact) mass is 362 g/mol. The van der Waals surface area contributed by atoms with Crippen LogP contribution in [0.2, 0.25) is 10.0 Å². The van der Waals surface area contributed by atoms with Crippen LogP contribution < -0.4 is 9.47 Å². The van der Waals surface area contributed by atoms with E-state index in [4.69, 9.17) is 32.7 Å². The van der Waals surface area contributed by atoms with Gasteiger partial charge in [0.15, 0.2) is 5.76 Å². The number of rotatable bonds is 3. The van der Waals surface area contributed by atoms with Crippen LogP contribution in [0.25, 0.3) is 6.08 Å². The Balaban J connectivity index is 1.93. The summed E-state index contributed by atoms with van der Waals surface area (Å²) in [5.74, 6) is 0.118. The number of ether oxygens (including phenoxy) is 2. The van der Waals surface area contributed by atoms with Crippen molar-refractivity contribution in [3.63, 3.8) is 0 Å². The molecule has 0 spiro atoms. The third-order valence-electron chi connectivity index (χ3n) is 3.44. The van der Waals surface area contributed by atoms with Crippen molar-refractivity contribution >= 4 is 41.0 Å². The third-order valence-corrected chi connectivity index (χ3v) is 4.10. The van der Waals surface area contributed by atoms with Crippen molar-refractivity contribution in [2.75, 3.05) is 0 Å². The lowest BCUT2D eigenvalue weighted by molar-refractivity contribution is -0.134. The second-order valence-corrected chi connectivity index (χ2v) is 5.88. The highest BCUT2D eigenvalue weighted by Crippen LogP contribution is 2.36. The fraction of sp³-hybridized carbons (Fsp3) is 0.111. The molecule has 1 heterocycles. The number of hydrogen-bond acceptors (Lipinski definition) is 4. The predicted octanol–water partition coefficient (Wildman–Crippen LogP) is 4.93. The van der Waals surface area contributed by atoms with E-state index in [-0.39, 0.29) is 23.9 Å². The summed E-state index contributed by atoms with van der Waals surface area (Å²) >= 11 is 12.2. The van der Waals surface area contributed by atoms with E-state index in [0.717, 1.165) is 0 Å². The van der Waals surface area contributed by atoms with Crippen LogP contribution in [0.1, 0.15) is 29.3 Å². The van der Waals surface area contributed by atoms with E-state index in [0.29, 0.717) is 32.7 Å². The van der Waals surface area contributed by atoms with Crippen LogP contribution in [0.3, 0.4) is 0 Å². The Morgan fingerprint density at radius 3 is 2.58 bits per heavy atom. The largest absolute Gasteiger partial charge is 0.452 e. The van der Waals surface area contributed by atoms with Crippen LogP contribution in [-0.2, 0) is 4.79 Å². The number of benzene rings is 2. The molecule has 6 heteroatoms. The topological polar surface area (TPSA) is 52.6 Å². The number of halogens is 2. The smallest absolute Gasteiger partial charge is 0.310 e. The Morgan fingerprint density at radius 1 is 1.21 bits per heavy atom. The van der Waals surface area contributed by atoms with Gasteiger partial charge in [-0.2, -0.15) is 0 Å². The number of esters is 1.